The summed E-state index contributed by atoms with van der Waals surface area (Å²) in [4.78, 5) is 0.836. The van der Waals surface area contributed by atoms with E-state index in [9.17, 15) is 4.21 Å². The summed E-state index contributed by atoms with van der Waals surface area (Å²) in [5, 5.41) is 0.300. The Morgan fingerprint density at radius 3 is 2.83 bits per heavy atom. The van der Waals surface area contributed by atoms with Crippen LogP contribution < -0.4 is 5.73 Å². The fourth-order valence-corrected chi connectivity index (χ4v) is 4.52. The molecule has 0 saturated heterocycles. The second-order valence-corrected chi connectivity index (χ2v) is 7.10. The van der Waals surface area contributed by atoms with Gasteiger partial charge in [0.1, 0.15) is 0 Å². The molecule has 3 unspecified atom stereocenters. The average molecular weight is 265 g/mol. The van der Waals surface area contributed by atoms with Crippen LogP contribution in [0.5, 0.6) is 0 Å². The molecule has 2 nitrogen and oxygen atoms in total. The van der Waals surface area contributed by atoms with Crippen molar-refractivity contribution >= 4 is 16.5 Å². The quantitative estimate of drug-likeness (QED) is 0.848. The molecule has 0 aromatic heterocycles. The third kappa shape index (κ3) is 2.94. The van der Waals surface area contributed by atoms with Crippen LogP contribution in [0.4, 0.5) is 5.69 Å². The van der Waals surface area contributed by atoms with Gasteiger partial charge >= 0.3 is 0 Å². The molecule has 1 aromatic rings. The first-order chi connectivity index (χ1) is 8.61. The highest BCUT2D eigenvalue weighted by Crippen LogP contribution is 2.33. The highest BCUT2D eigenvalue weighted by atomic mass is 32.2. The summed E-state index contributed by atoms with van der Waals surface area (Å²) in [5.74, 6) is 0.749. The molecule has 1 fully saturated rings. The van der Waals surface area contributed by atoms with Crippen LogP contribution in [0.2, 0.25) is 0 Å². The van der Waals surface area contributed by atoms with Gasteiger partial charge in [-0.1, -0.05) is 32.3 Å². The number of anilines is 1. The molecule has 2 N–H and O–H groups in total. The van der Waals surface area contributed by atoms with Crippen LogP contribution in [-0.4, -0.2) is 9.46 Å². The molecule has 3 atom stereocenters. The van der Waals surface area contributed by atoms with Crippen LogP contribution in [0.1, 0.15) is 44.6 Å². The first-order valence-corrected chi connectivity index (χ1v) is 8.09. The second-order valence-electron chi connectivity index (χ2n) is 5.40. The minimum atomic E-state index is -0.937. The van der Waals surface area contributed by atoms with E-state index >= 15 is 0 Å². The van der Waals surface area contributed by atoms with Gasteiger partial charge in [-0.25, -0.2) is 0 Å². The molecule has 1 aliphatic carbocycles. The van der Waals surface area contributed by atoms with Gasteiger partial charge < -0.3 is 5.73 Å². The van der Waals surface area contributed by atoms with Crippen LogP contribution in [0.15, 0.2) is 23.1 Å². The Hall–Kier alpha value is -0.830. The van der Waals surface area contributed by atoms with Crippen molar-refractivity contribution in [2.75, 3.05) is 5.73 Å². The Labute approximate surface area is 112 Å². The fraction of sp³-hybridized carbons (Fsp3) is 0.600. The van der Waals surface area contributed by atoms with Gasteiger partial charge in [0, 0.05) is 10.9 Å². The summed E-state index contributed by atoms with van der Waals surface area (Å²) < 4.78 is 12.6. The number of rotatable bonds is 3. The number of aryl methyl sites for hydroxylation is 1. The molecule has 2 rings (SSSR count). The van der Waals surface area contributed by atoms with Crippen molar-refractivity contribution in [3.8, 4) is 0 Å². The van der Waals surface area contributed by atoms with Gasteiger partial charge in [-0.3, -0.25) is 4.21 Å². The van der Waals surface area contributed by atoms with Crippen LogP contribution in [0.25, 0.3) is 0 Å². The van der Waals surface area contributed by atoms with Gasteiger partial charge in [0.2, 0.25) is 0 Å². The van der Waals surface area contributed by atoms with Crippen molar-refractivity contribution in [3.63, 3.8) is 0 Å². The maximum absolute atomic E-state index is 12.6. The van der Waals surface area contributed by atoms with E-state index in [1.54, 1.807) is 0 Å². The third-order valence-corrected chi connectivity index (χ3v) is 5.84. The largest absolute Gasteiger partial charge is 0.398 e. The summed E-state index contributed by atoms with van der Waals surface area (Å²) in [6.45, 7) is 4.24. The summed E-state index contributed by atoms with van der Waals surface area (Å²) in [5.41, 5.74) is 7.82. The molecule has 0 heterocycles. The van der Waals surface area contributed by atoms with E-state index in [4.69, 9.17) is 5.73 Å². The standard InChI is InChI=1S/C15H23NOS/c1-3-12-5-4-6-13(10-12)18(17)15-8-7-11(2)9-14(15)16/h7-9,12-13H,3-6,10,16H2,1-2H3. The van der Waals surface area contributed by atoms with E-state index in [1.807, 2.05) is 25.1 Å². The molecule has 3 heteroatoms. The predicted molar refractivity (Wildman–Crippen MR) is 78.0 cm³/mol. The average Bonchev–Trinajstić information content (AvgIpc) is 2.38. The van der Waals surface area contributed by atoms with Crippen molar-refractivity contribution in [1.29, 1.82) is 0 Å². The van der Waals surface area contributed by atoms with Crippen molar-refractivity contribution in [3.05, 3.63) is 23.8 Å². The van der Waals surface area contributed by atoms with E-state index < -0.39 is 10.8 Å². The molecule has 0 aliphatic heterocycles. The normalized spacial score (nSPS) is 25.9. The molecule has 1 saturated carbocycles. The Balaban J connectivity index is 2.15. The molecule has 0 radical (unpaired) electrons. The molecular formula is C15H23NOS. The van der Waals surface area contributed by atoms with Crippen LogP contribution in [0, 0.1) is 12.8 Å². The van der Waals surface area contributed by atoms with Crippen LogP contribution in [0.3, 0.4) is 0 Å². The van der Waals surface area contributed by atoms with E-state index in [0.717, 1.165) is 29.2 Å². The van der Waals surface area contributed by atoms with Crippen LogP contribution >= 0.6 is 0 Å². The number of hydrogen-bond donors (Lipinski definition) is 1. The van der Waals surface area contributed by atoms with E-state index in [1.165, 1.54) is 19.3 Å². The Morgan fingerprint density at radius 2 is 2.17 bits per heavy atom. The molecule has 0 spiro atoms. The summed E-state index contributed by atoms with van der Waals surface area (Å²) in [6.07, 6.45) is 5.89. The third-order valence-electron chi connectivity index (χ3n) is 4.00. The first-order valence-electron chi connectivity index (χ1n) is 6.88. The zero-order valence-corrected chi connectivity index (χ0v) is 12.1. The molecule has 0 bridgehead atoms. The van der Waals surface area contributed by atoms with Crippen molar-refractivity contribution < 1.29 is 4.21 Å². The SMILES string of the molecule is CCC1CCCC(S(=O)c2ccc(C)cc2N)C1. The molecule has 1 aromatic carbocycles. The zero-order chi connectivity index (χ0) is 13.1. The van der Waals surface area contributed by atoms with Gasteiger partial charge in [0.15, 0.2) is 0 Å². The first kappa shape index (κ1) is 13.6. The van der Waals surface area contributed by atoms with Gasteiger partial charge in [0.25, 0.3) is 0 Å². The number of nitrogens with two attached hydrogens (primary N) is 1. The summed E-state index contributed by atoms with van der Waals surface area (Å²) in [6, 6.07) is 5.87. The van der Waals surface area contributed by atoms with Crippen molar-refractivity contribution in [2.24, 2.45) is 5.92 Å². The maximum atomic E-state index is 12.6. The fourth-order valence-electron chi connectivity index (χ4n) is 2.84. The Morgan fingerprint density at radius 1 is 1.39 bits per heavy atom. The highest BCUT2D eigenvalue weighted by molar-refractivity contribution is 7.85. The molecule has 0 amide bonds. The van der Waals surface area contributed by atoms with E-state index in [-0.39, 0.29) is 0 Å². The number of hydrogen-bond acceptors (Lipinski definition) is 2. The lowest BCUT2D eigenvalue weighted by Crippen LogP contribution is -2.24. The minimum absolute atomic E-state index is 0.300. The van der Waals surface area contributed by atoms with Gasteiger partial charge in [-0.15, -0.1) is 0 Å². The van der Waals surface area contributed by atoms with Gasteiger partial charge in [-0.05, 0) is 43.4 Å². The van der Waals surface area contributed by atoms with E-state index in [0.29, 0.717) is 10.9 Å². The lowest BCUT2D eigenvalue weighted by atomic mass is 9.87. The summed E-state index contributed by atoms with van der Waals surface area (Å²) >= 11 is 0. The lowest BCUT2D eigenvalue weighted by Gasteiger charge is -2.28. The van der Waals surface area contributed by atoms with E-state index in [2.05, 4.69) is 6.92 Å². The Bertz CT molecular complexity index is 444. The molecular weight excluding hydrogens is 242 g/mol. The monoisotopic (exact) mass is 265 g/mol. The predicted octanol–water partition coefficient (Wildman–Crippen LogP) is 3.65. The minimum Gasteiger partial charge on any atom is -0.398 e. The smallest absolute Gasteiger partial charge is 0.0620 e. The van der Waals surface area contributed by atoms with Crippen LogP contribution in [-0.2, 0) is 10.8 Å². The zero-order valence-electron chi connectivity index (χ0n) is 11.3. The van der Waals surface area contributed by atoms with Crippen molar-refractivity contribution in [2.45, 2.75) is 56.1 Å². The van der Waals surface area contributed by atoms with Crippen molar-refractivity contribution in [1.82, 2.24) is 0 Å². The highest BCUT2D eigenvalue weighted by Gasteiger charge is 2.27. The molecule has 100 valence electrons. The molecule has 18 heavy (non-hydrogen) atoms. The Kier molecular flexibility index (Phi) is 4.44. The number of nitrogen functional groups attached to an aromatic ring is 1. The lowest BCUT2D eigenvalue weighted by molar-refractivity contribution is 0.353. The van der Waals surface area contributed by atoms with Gasteiger partial charge in [-0.2, -0.15) is 0 Å². The van der Waals surface area contributed by atoms with Gasteiger partial charge in [0.05, 0.1) is 15.7 Å². The summed E-state index contributed by atoms with van der Waals surface area (Å²) in [7, 11) is -0.937. The maximum Gasteiger partial charge on any atom is 0.0620 e. The second kappa shape index (κ2) is 5.87. The molecule has 1 aliphatic rings. The number of benzene rings is 1. The topological polar surface area (TPSA) is 43.1 Å².